The van der Waals surface area contributed by atoms with Gasteiger partial charge in [-0.2, -0.15) is 0 Å². The molecule has 1 aliphatic rings. The van der Waals surface area contributed by atoms with Gasteiger partial charge < -0.3 is 4.90 Å². The van der Waals surface area contributed by atoms with Crippen molar-refractivity contribution in [2.45, 2.75) is 31.0 Å². The van der Waals surface area contributed by atoms with Crippen LogP contribution in [0.25, 0.3) is 5.69 Å². The Morgan fingerprint density at radius 3 is 2.96 bits per heavy atom. The maximum Gasteiger partial charge on any atom is 0.233 e. The molecule has 2 aromatic heterocycles. The van der Waals surface area contributed by atoms with E-state index in [2.05, 4.69) is 15.2 Å². The van der Waals surface area contributed by atoms with E-state index in [0.717, 1.165) is 36.5 Å². The van der Waals surface area contributed by atoms with E-state index in [1.54, 1.807) is 6.33 Å². The number of aryl methyl sites for hydroxylation is 1. The molecule has 1 atom stereocenters. The van der Waals surface area contributed by atoms with E-state index in [1.807, 2.05) is 58.9 Å². The Morgan fingerprint density at radius 1 is 1.29 bits per heavy atom. The molecule has 28 heavy (non-hydrogen) atoms. The third-order valence-corrected chi connectivity index (χ3v) is 5.91. The van der Waals surface area contributed by atoms with Gasteiger partial charge in [0.05, 0.1) is 23.2 Å². The first-order valence-corrected chi connectivity index (χ1v) is 10.5. The number of thioether (sulfide) groups is 1. The molecule has 1 unspecified atom stereocenters. The lowest BCUT2D eigenvalue weighted by Crippen LogP contribution is -2.32. The summed E-state index contributed by atoms with van der Waals surface area (Å²) in [5.41, 5.74) is 2.81. The first-order valence-electron chi connectivity index (χ1n) is 9.13. The van der Waals surface area contributed by atoms with Crippen LogP contribution in [-0.2, 0) is 4.79 Å². The van der Waals surface area contributed by atoms with Crippen LogP contribution in [0.1, 0.15) is 30.3 Å². The van der Waals surface area contributed by atoms with Crippen molar-refractivity contribution in [1.82, 2.24) is 24.6 Å². The Kier molecular flexibility index (Phi) is 5.64. The summed E-state index contributed by atoms with van der Waals surface area (Å²) in [6.07, 6.45) is 3.58. The number of likely N-dealkylation sites (tertiary alicyclic amines) is 1. The molecule has 6 nitrogen and oxygen atoms in total. The summed E-state index contributed by atoms with van der Waals surface area (Å²) in [5.74, 6) is 0.401. The maximum atomic E-state index is 12.9. The number of pyridine rings is 1. The molecule has 0 N–H and O–H groups in total. The predicted octanol–water partition coefficient (Wildman–Crippen LogP) is 4.08. The highest BCUT2D eigenvalue weighted by Gasteiger charge is 2.31. The van der Waals surface area contributed by atoms with Crippen molar-refractivity contribution in [3.05, 3.63) is 65.2 Å². The standard InChI is InChI=1S/C20H20ClN5OS/c1-14-5-2-8-17(23-14)18-9-4-10-25(18)19(27)12-28-20-24-22-13-26(20)16-7-3-6-15(21)11-16/h2-3,5-8,11,13,18H,4,9-10,12H2,1H3. The number of carbonyl (C=O) groups is 1. The molecule has 1 amide bonds. The fourth-order valence-electron chi connectivity index (χ4n) is 3.46. The van der Waals surface area contributed by atoms with E-state index >= 15 is 0 Å². The number of carbonyl (C=O) groups excluding carboxylic acids is 1. The molecular weight excluding hydrogens is 394 g/mol. The van der Waals surface area contributed by atoms with E-state index in [0.29, 0.717) is 15.9 Å². The minimum absolute atomic E-state index is 0.0544. The topological polar surface area (TPSA) is 63.9 Å². The van der Waals surface area contributed by atoms with Gasteiger partial charge in [0.15, 0.2) is 5.16 Å². The normalized spacial score (nSPS) is 16.5. The fourth-order valence-corrected chi connectivity index (χ4v) is 4.46. The molecule has 0 bridgehead atoms. The molecule has 1 saturated heterocycles. The lowest BCUT2D eigenvalue weighted by Gasteiger charge is -2.24. The summed E-state index contributed by atoms with van der Waals surface area (Å²) in [7, 11) is 0. The second-order valence-electron chi connectivity index (χ2n) is 6.70. The van der Waals surface area contributed by atoms with Gasteiger partial charge >= 0.3 is 0 Å². The van der Waals surface area contributed by atoms with Crippen LogP contribution in [0.2, 0.25) is 5.02 Å². The average molecular weight is 414 g/mol. The molecular formula is C20H20ClN5OS. The highest BCUT2D eigenvalue weighted by Crippen LogP contribution is 2.32. The lowest BCUT2D eigenvalue weighted by molar-refractivity contribution is -0.129. The Labute approximate surface area is 172 Å². The molecule has 3 heterocycles. The van der Waals surface area contributed by atoms with E-state index in [4.69, 9.17) is 11.6 Å². The van der Waals surface area contributed by atoms with Gasteiger partial charge in [-0.15, -0.1) is 10.2 Å². The second-order valence-corrected chi connectivity index (χ2v) is 8.08. The Balaban J connectivity index is 1.46. The fraction of sp³-hybridized carbons (Fsp3) is 0.300. The first kappa shape index (κ1) is 19.0. The molecule has 1 fully saturated rings. The predicted molar refractivity (Wildman–Crippen MR) is 110 cm³/mol. The summed E-state index contributed by atoms with van der Waals surface area (Å²) in [6, 6.07) is 13.5. The van der Waals surface area contributed by atoms with Gasteiger partial charge in [0.25, 0.3) is 0 Å². The molecule has 0 aliphatic carbocycles. The number of hydrogen-bond donors (Lipinski definition) is 0. The van der Waals surface area contributed by atoms with Gasteiger partial charge in [-0.3, -0.25) is 14.3 Å². The molecule has 8 heteroatoms. The van der Waals surface area contributed by atoms with Crippen LogP contribution in [0, 0.1) is 6.92 Å². The molecule has 1 aromatic carbocycles. The number of nitrogens with zero attached hydrogens (tertiary/aromatic N) is 5. The van der Waals surface area contributed by atoms with E-state index in [9.17, 15) is 4.79 Å². The lowest BCUT2D eigenvalue weighted by atomic mass is 10.1. The Morgan fingerprint density at radius 2 is 2.14 bits per heavy atom. The SMILES string of the molecule is Cc1cccc(C2CCCN2C(=O)CSc2nncn2-c2cccc(Cl)c2)n1. The van der Waals surface area contributed by atoms with Crippen LogP contribution in [0.4, 0.5) is 0 Å². The van der Waals surface area contributed by atoms with Crippen molar-refractivity contribution in [3.8, 4) is 5.69 Å². The summed E-state index contributed by atoms with van der Waals surface area (Å²) in [5, 5.41) is 9.46. The molecule has 0 saturated carbocycles. The second kappa shape index (κ2) is 8.32. The quantitative estimate of drug-likeness (QED) is 0.589. The zero-order valence-corrected chi connectivity index (χ0v) is 17.0. The number of rotatable bonds is 5. The molecule has 1 aliphatic heterocycles. The maximum absolute atomic E-state index is 12.9. The monoisotopic (exact) mass is 413 g/mol. The van der Waals surface area contributed by atoms with Crippen LogP contribution >= 0.6 is 23.4 Å². The summed E-state index contributed by atoms with van der Waals surface area (Å²) in [4.78, 5) is 19.5. The van der Waals surface area contributed by atoms with Crippen LogP contribution in [0.3, 0.4) is 0 Å². The zero-order valence-electron chi connectivity index (χ0n) is 15.5. The number of hydrogen-bond acceptors (Lipinski definition) is 5. The van der Waals surface area contributed by atoms with Crippen LogP contribution in [0.15, 0.2) is 53.9 Å². The van der Waals surface area contributed by atoms with Crippen LogP contribution in [0.5, 0.6) is 0 Å². The zero-order chi connectivity index (χ0) is 19.5. The Bertz CT molecular complexity index is 992. The van der Waals surface area contributed by atoms with Crippen LogP contribution in [-0.4, -0.2) is 42.9 Å². The van der Waals surface area contributed by atoms with Gasteiger partial charge in [-0.1, -0.05) is 35.5 Å². The van der Waals surface area contributed by atoms with Crippen molar-refractivity contribution in [1.29, 1.82) is 0 Å². The van der Waals surface area contributed by atoms with Gasteiger partial charge in [-0.05, 0) is 50.1 Å². The first-order chi connectivity index (χ1) is 13.6. The number of aromatic nitrogens is 4. The third-order valence-electron chi connectivity index (χ3n) is 4.75. The van der Waals surface area contributed by atoms with E-state index in [-0.39, 0.29) is 11.9 Å². The molecule has 0 spiro atoms. The van der Waals surface area contributed by atoms with Crippen molar-refractivity contribution in [2.75, 3.05) is 12.3 Å². The Hall–Kier alpha value is -2.38. The van der Waals surface area contributed by atoms with Crippen LogP contribution < -0.4 is 0 Å². The van der Waals surface area contributed by atoms with E-state index in [1.165, 1.54) is 11.8 Å². The third kappa shape index (κ3) is 4.05. The summed E-state index contributed by atoms with van der Waals surface area (Å²) in [6.45, 7) is 2.74. The van der Waals surface area contributed by atoms with Crippen molar-refractivity contribution >= 4 is 29.3 Å². The smallest absolute Gasteiger partial charge is 0.233 e. The number of halogens is 1. The average Bonchev–Trinajstić information content (AvgIpc) is 3.35. The minimum atomic E-state index is 0.0544. The minimum Gasteiger partial charge on any atom is -0.333 e. The highest BCUT2D eigenvalue weighted by molar-refractivity contribution is 7.99. The van der Waals surface area contributed by atoms with Gasteiger partial charge in [-0.25, -0.2) is 0 Å². The largest absolute Gasteiger partial charge is 0.333 e. The highest BCUT2D eigenvalue weighted by atomic mass is 35.5. The molecule has 3 aromatic rings. The summed E-state index contributed by atoms with van der Waals surface area (Å²) < 4.78 is 1.84. The van der Waals surface area contributed by atoms with Gasteiger partial charge in [0, 0.05) is 17.3 Å². The molecule has 4 rings (SSSR count). The summed E-state index contributed by atoms with van der Waals surface area (Å²) >= 11 is 7.47. The van der Waals surface area contributed by atoms with Crippen molar-refractivity contribution < 1.29 is 4.79 Å². The molecule has 144 valence electrons. The van der Waals surface area contributed by atoms with Crippen molar-refractivity contribution in [3.63, 3.8) is 0 Å². The number of benzene rings is 1. The molecule has 0 radical (unpaired) electrons. The van der Waals surface area contributed by atoms with Gasteiger partial charge in [0.2, 0.25) is 5.91 Å². The van der Waals surface area contributed by atoms with E-state index < -0.39 is 0 Å². The van der Waals surface area contributed by atoms with Gasteiger partial charge in [0.1, 0.15) is 6.33 Å². The number of amides is 1. The van der Waals surface area contributed by atoms with Crippen molar-refractivity contribution in [2.24, 2.45) is 0 Å².